The van der Waals surface area contributed by atoms with Gasteiger partial charge in [-0.2, -0.15) is 13.2 Å². The van der Waals surface area contributed by atoms with Crippen molar-refractivity contribution in [2.24, 2.45) is 4.99 Å². The number of rotatable bonds is 5. The lowest BCUT2D eigenvalue weighted by Crippen LogP contribution is -2.41. The maximum Gasteiger partial charge on any atom is 0.434 e. The minimum atomic E-state index is -5.02. The van der Waals surface area contributed by atoms with Crippen LogP contribution < -0.4 is 19.6 Å². The molecule has 0 unspecified atom stereocenters. The van der Waals surface area contributed by atoms with Crippen molar-refractivity contribution in [3.8, 4) is 11.5 Å². The van der Waals surface area contributed by atoms with E-state index in [1.165, 1.54) is 56.5 Å². The van der Waals surface area contributed by atoms with Gasteiger partial charge in [0, 0.05) is 15.1 Å². The van der Waals surface area contributed by atoms with E-state index in [9.17, 15) is 27.9 Å². The van der Waals surface area contributed by atoms with Gasteiger partial charge in [0.05, 0.1) is 29.9 Å². The van der Waals surface area contributed by atoms with Crippen LogP contribution in [0.3, 0.4) is 0 Å². The Kier molecular flexibility index (Phi) is 7.54. The van der Waals surface area contributed by atoms with E-state index in [1.54, 1.807) is 0 Å². The van der Waals surface area contributed by atoms with Crippen LogP contribution in [0, 0.1) is 0 Å². The fourth-order valence-corrected chi connectivity index (χ4v) is 5.37. The summed E-state index contributed by atoms with van der Waals surface area (Å²) in [5.41, 5.74) is -2.61. The van der Waals surface area contributed by atoms with Crippen molar-refractivity contribution in [2.45, 2.75) is 19.1 Å². The van der Waals surface area contributed by atoms with Gasteiger partial charge in [0.2, 0.25) is 0 Å². The number of methoxy groups -OCH3 is 1. The Morgan fingerprint density at radius 1 is 1.30 bits per heavy atom. The third-order valence-electron chi connectivity index (χ3n) is 5.36. The molecule has 37 heavy (non-hydrogen) atoms. The van der Waals surface area contributed by atoms with Gasteiger partial charge in [-0.1, -0.05) is 51.0 Å². The van der Waals surface area contributed by atoms with Crippen molar-refractivity contribution in [1.29, 1.82) is 0 Å². The zero-order valence-corrected chi connectivity index (χ0v) is 22.3. The summed E-state index contributed by atoms with van der Waals surface area (Å²) in [6.07, 6.45) is -3.70. The molecule has 3 aromatic rings. The molecule has 2 heterocycles. The standard InChI is InChI=1S/C24H17BrClF3N2O5S/c1-3-36-22(34)17-18(11-4-6-14(26)7-5-11)31-21(33)16(37-23(31)30-20(17)24(27,28)29)9-12-8-13(25)10-15(35-2)19(12)32/h4-10,18,32H,3H2,1-2H3/b16-9-/t18-/m0/s1. The zero-order chi connectivity index (χ0) is 27.1. The van der Waals surface area contributed by atoms with Gasteiger partial charge in [0.1, 0.15) is 0 Å². The number of aromatic nitrogens is 1. The second-order valence-electron chi connectivity index (χ2n) is 7.66. The van der Waals surface area contributed by atoms with E-state index < -0.39 is 35.0 Å². The van der Waals surface area contributed by atoms with Crippen LogP contribution in [0.5, 0.6) is 11.5 Å². The van der Waals surface area contributed by atoms with Crippen LogP contribution in [0.15, 0.2) is 61.9 Å². The molecule has 0 aliphatic carbocycles. The quantitative estimate of drug-likeness (QED) is 0.427. The van der Waals surface area contributed by atoms with E-state index in [4.69, 9.17) is 21.1 Å². The predicted octanol–water partition coefficient (Wildman–Crippen LogP) is 4.47. The van der Waals surface area contributed by atoms with Crippen LogP contribution in [-0.2, 0) is 9.53 Å². The molecule has 0 bridgehead atoms. The highest BCUT2D eigenvalue weighted by molar-refractivity contribution is 9.10. The number of phenolic OH excluding ortho intramolecular Hbond substituents is 1. The van der Waals surface area contributed by atoms with Gasteiger partial charge >= 0.3 is 12.1 Å². The number of fused-ring (bicyclic) bond motifs is 1. The van der Waals surface area contributed by atoms with E-state index in [0.29, 0.717) is 20.8 Å². The lowest BCUT2D eigenvalue weighted by Gasteiger charge is -2.26. The van der Waals surface area contributed by atoms with Crippen LogP contribution in [0.1, 0.15) is 24.1 Å². The molecule has 1 N–H and O–H groups in total. The summed E-state index contributed by atoms with van der Waals surface area (Å²) >= 11 is 9.94. The molecule has 0 fully saturated rings. The summed E-state index contributed by atoms with van der Waals surface area (Å²) in [6, 6.07) is 7.26. The summed E-state index contributed by atoms with van der Waals surface area (Å²) < 4.78 is 54.0. The number of aromatic hydroxyl groups is 1. The van der Waals surface area contributed by atoms with E-state index in [1.807, 2.05) is 0 Å². The number of thiazole rings is 1. The SMILES string of the molecule is CCOC(=O)C1=C(C(F)(F)F)N=c2s/c(=C\c3cc(Br)cc(OC)c3O)c(=O)n2[C@H]1c1ccc(Cl)cc1. The number of carbonyl (C=O) groups is 1. The van der Waals surface area contributed by atoms with Crippen molar-refractivity contribution in [2.75, 3.05) is 13.7 Å². The Morgan fingerprint density at radius 2 is 1.97 bits per heavy atom. The van der Waals surface area contributed by atoms with Gasteiger partial charge in [-0.25, -0.2) is 9.79 Å². The van der Waals surface area contributed by atoms with Gasteiger partial charge in [-0.15, -0.1) is 0 Å². The van der Waals surface area contributed by atoms with Gasteiger partial charge in [0.25, 0.3) is 5.56 Å². The molecule has 7 nitrogen and oxygen atoms in total. The Bertz CT molecular complexity index is 1600. The molecular weight excluding hydrogens is 601 g/mol. The van der Waals surface area contributed by atoms with Gasteiger partial charge < -0.3 is 14.6 Å². The highest BCUT2D eigenvalue weighted by Crippen LogP contribution is 2.39. The number of hydrogen-bond donors (Lipinski definition) is 1. The minimum absolute atomic E-state index is 0.0280. The van der Waals surface area contributed by atoms with Crippen LogP contribution in [0.2, 0.25) is 5.02 Å². The topological polar surface area (TPSA) is 90.1 Å². The average molecular weight is 618 g/mol. The number of phenols is 1. The van der Waals surface area contributed by atoms with Crippen LogP contribution in [-0.4, -0.2) is 35.5 Å². The maximum atomic E-state index is 14.2. The monoisotopic (exact) mass is 616 g/mol. The Hall–Kier alpha value is -3.09. The number of halogens is 5. The molecule has 1 aromatic heterocycles. The van der Waals surface area contributed by atoms with E-state index >= 15 is 0 Å². The molecule has 1 aliphatic heterocycles. The Balaban J connectivity index is 2.06. The average Bonchev–Trinajstić information content (AvgIpc) is 3.15. The molecule has 1 aliphatic rings. The smallest absolute Gasteiger partial charge is 0.434 e. The maximum absolute atomic E-state index is 14.2. The second kappa shape index (κ2) is 10.3. The largest absolute Gasteiger partial charge is 0.504 e. The summed E-state index contributed by atoms with van der Waals surface area (Å²) in [6.45, 7) is 1.27. The number of allylic oxidation sites excluding steroid dienone is 1. The predicted molar refractivity (Wildman–Crippen MR) is 135 cm³/mol. The molecule has 1 atom stereocenters. The van der Waals surface area contributed by atoms with Gasteiger partial charge in [-0.3, -0.25) is 9.36 Å². The molecule has 0 radical (unpaired) electrons. The first-order chi connectivity index (χ1) is 17.5. The summed E-state index contributed by atoms with van der Waals surface area (Å²) in [5.74, 6) is -1.40. The molecule has 0 amide bonds. The van der Waals surface area contributed by atoms with E-state index in [2.05, 4.69) is 20.9 Å². The Labute approximate surface area is 224 Å². The lowest BCUT2D eigenvalue weighted by atomic mass is 9.95. The zero-order valence-electron chi connectivity index (χ0n) is 19.1. The third kappa shape index (κ3) is 5.18. The molecular formula is C24H17BrClF3N2O5S. The fraction of sp³-hybridized carbons (Fsp3) is 0.208. The number of nitrogens with zero attached hydrogens (tertiary/aromatic N) is 2. The minimum Gasteiger partial charge on any atom is -0.504 e. The summed E-state index contributed by atoms with van der Waals surface area (Å²) in [7, 11) is 1.35. The van der Waals surface area contributed by atoms with Gasteiger partial charge in [-0.05, 0) is 42.8 Å². The van der Waals surface area contributed by atoms with E-state index in [0.717, 1.165) is 4.57 Å². The molecule has 13 heteroatoms. The van der Waals surface area contributed by atoms with Crippen molar-refractivity contribution < 1.29 is 32.5 Å². The van der Waals surface area contributed by atoms with Crippen molar-refractivity contribution in [1.82, 2.24) is 4.57 Å². The number of esters is 1. The number of hydrogen-bond acceptors (Lipinski definition) is 7. The normalized spacial score (nSPS) is 15.9. The summed E-state index contributed by atoms with van der Waals surface area (Å²) in [4.78, 5) is 29.8. The van der Waals surface area contributed by atoms with Crippen LogP contribution >= 0.6 is 38.9 Å². The first-order valence-electron chi connectivity index (χ1n) is 10.6. The number of ether oxygens (including phenoxy) is 2. The lowest BCUT2D eigenvalue weighted by molar-refractivity contribution is -0.140. The first-order valence-corrected chi connectivity index (χ1v) is 12.6. The highest BCUT2D eigenvalue weighted by atomic mass is 79.9. The van der Waals surface area contributed by atoms with Crippen molar-refractivity contribution >= 4 is 50.9 Å². The number of alkyl halides is 3. The molecule has 2 aromatic carbocycles. The first kappa shape index (κ1) is 27.0. The fourth-order valence-electron chi connectivity index (χ4n) is 3.80. The van der Waals surface area contributed by atoms with E-state index in [-0.39, 0.29) is 38.6 Å². The Morgan fingerprint density at radius 3 is 2.57 bits per heavy atom. The van der Waals surface area contributed by atoms with Crippen LogP contribution in [0.4, 0.5) is 13.2 Å². The number of benzene rings is 2. The molecule has 4 rings (SSSR count). The van der Waals surface area contributed by atoms with Crippen molar-refractivity contribution in [3.63, 3.8) is 0 Å². The van der Waals surface area contributed by atoms with Crippen LogP contribution in [0.25, 0.3) is 6.08 Å². The molecule has 0 saturated carbocycles. The molecule has 0 saturated heterocycles. The molecule has 0 spiro atoms. The third-order valence-corrected chi connectivity index (χ3v) is 7.05. The van der Waals surface area contributed by atoms with Crippen molar-refractivity contribution in [3.05, 3.63) is 88.0 Å². The highest BCUT2D eigenvalue weighted by Gasteiger charge is 2.45. The second-order valence-corrected chi connectivity index (χ2v) is 10.0. The summed E-state index contributed by atoms with van der Waals surface area (Å²) in [5, 5.41) is 10.8. The molecule has 194 valence electrons. The van der Waals surface area contributed by atoms with Gasteiger partial charge in [0.15, 0.2) is 22.0 Å². The number of carbonyl (C=O) groups excluding carboxylic acids is 1.